The minimum Gasteiger partial charge on any atom is -0.390 e. The molecule has 0 bridgehead atoms. The smallest absolute Gasteiger partial charge is 0.390 e. The maximum Gasteiger partial charge on any atom is 0.490 e. The van der Waals surface area contributed by atoms with Crippen LogP contribution < -0.4 is 5.32 Å². The van der Waals surface area contributed by atoms with Gasteiger partial charge in [0.15, 0.2) is 0 Å². The van der Waals surface area contributed by atoms with Crippen molar-refractivity contribution in [3.8, 4) is 0 Å². The van der Waals surface area contributed by atoms with E-state index < -0.39 is 10.9 Å². The molecule has 0 atom stereocenters. The number of aromatic nitrogens is 3. The minimum absolute atomic E-state index is 0.126. The van der Waals surface area contributed by atoms with Gasteiger partial charge in [0.1, 0.15) is 6.54 Å². The van der Waals surface area contributed by atoms with Gasteiger partial charge in [-0.05, 0) is 23.0 Å². The number of carbonyl (C=O) groups is 1. The molecule has 0 aliphatic carbocycles. The number of nitrogens with zero attached hydrogens (tertiary/aromatic N) is 4. The van der Waals surface area contributed by atoms with E-state index in [-0.39, 0.29) is 12.5 Å². The lowest BCUT2D eigenvalue weighted by Crippen LogP contribution is -2.19. The number of nitro groups is 1. The summed E-state index contributed by atoms with van der Waals surface area (Å²) in [7, 11) is 0. The van der Waals surface area contributed by atoms with Crippen LogP contribution >= 0.6 is 0 Å². The third kappa shape index (κ3) is 3.16. The van der Waals surface area contributed by atoms with Crippen LogP contribution in [-0.2, 0) is 17.8 Å². The van der Waals surface area contributed by atoms with Crippen LogP contribution in [0, 0.1) is 10.1 Å². The van der Waals surface area contributed by atoms with Gasteiger partial charge in [0.2, 0.25) is 12.2 Å². The fourth-order valence-electron chi connectivity index (χ4n) is 1.73. The van der Waals surface area contributed by atoms with E-state index >= 15 is 0 Å². The molecule has 0 radical (unpaired) electrons. The largest absolute Gasteiger partial charge is 0.490 e. The van der Waals surface area contributed by atoms with Gasteiger partial charge in [0, 0.05) is 10.8 Å². The lowest BCUT2D eigenvalue weighted by Gasteiger charge is -2.08. The first-order valence-corrected chi connectivity index (χ1v) is 6.01. The molecule has 20 heavy (non-hydrogen) atoms. The van der Waals surface area contributed by atoms with Crippen molar-refractivity contribution < 1.29 is 9.72 Å². The van der Waals surface area contributed by atoms with Gasteiger partial charge in [-0.15, -0.1) is 0 Å². The Kier molecular flexibility index (Phi) is 4.04. The lowest BCUT2D eigenvalue weighted by atomic mass is 10.1. The SMILES string of the molecule is CCc1ccccc1NC(=O)Cn1cnc([N+](=O)[O-])n1. The van der Waals surface area contributed by atoms with Gasteiger partial charge in [0.25, 0.3) is 0 Å². The van der Waals surface area contributed by atoms with E-state index in [2.05, 4.69) is 15.4 Å². The maximum absolute atomic E-state index is 11.9. The van der Waals surface area contributed by atoms with Crippen molar-refractivity contribution >= 4 is 17.5 Å². The molecule has 1 aromatic carbocycles. The number of para-hydroxylation sites is 1. The molecule has 2 aromatic rings. The van der Waals surface area contributed by atoms with Crippen molar-refractivity contribution in [3.63, 3.8) is 0 Å². The lowest BCUT2D eigenvalue weighted by molar-refractivity contribution is -0.394. The molecule has 1 N–H and O–H groups in total. The Morgan fingerprint density at radius 3 is 2.85 bits per heavy atom. The van der Waals surface area contributed by atoms with Gasteiger partial charge >= 0.3 is 5.95 Å². The molecule has 1 aromatic heterocycles. The fourth-order valence-corrected chi connectivity index (χ4v) is 1.73. The van der Waals surface area contributed by atoms with Crippen LogP contribution in [0.1, 0.15) is 12.5 Å². The molecule has 8 nitrogen and oxygen atoms in total. The van der Waals surface area contributed by atoms with Crippen LogP contribution in [0.15, 0.2) is 30.6 Å². The molecule has 8 heteroatoms. The van der Waals surface area contributed by atoms with Crippen molar-refractivity contribution in [2.45, 2.75) is 19.9 Å². The Hall–Kier alpha value is -2.77. The van der Waals surface area contributed by atoms with Crippen molar-refractivity contribution in [2.75, 3.05) is 5.32 Å². The van der Waals surface area contributed by atoms with Gasteiger partial charge in [-0.3, -0.25) is 4.79 Å². The fraction of sp³-hybridized carbons (Fsp3) is 0.250. The average molecular weight is 275 g/mol. The highest BCUT2D eigenvalue weighted by Crippen LogP contribution is 2.15. The molecule has 104 valence electrons. The highest BCUT2D eigenvalue weighted by atomic mass is 16.6. The standard InChI is InChI=1S/C12H13N5O3/c1-2-9-5-3-4-6-10(9)14-11(18)7-16-8-13-12(15-16)17(19)20/h3-6,8H,2,7H2,1H3,(H,14,18). The third-order valence-electron chi connectivity index (χ3n) is 2.67. The second-order valence-corrected chi connectivity index (χ2v) is 4.06. The van der Waals surface area contributed by atoms with Crippen LogP contribution in [0.25, 0.3) is 0 Å². The van der Waals surface area contributed by atoms with Crippen LogP contribution in [0.5, 0.6) is 0 Å². The first-order valence-electron chi connectivity index (χ1n) is 6.01. The summed E-state index contributed by atoms with van der Waals surface area (Å²) in [6.07, 6.45) is 1.95. The maximum atomic E-state index is 11.9. The summed E-state index contributed by atoms with van der Waals surface area (Å²) in [5.41, 5.74) is 1.75. The highest BCUT2D eigenvalue weighted by Gasteiger charge is 2.15. The Labute approximate surface area is 114 Å². The third-order valence-corrected chi connectivity index (χ3v) is 2.67. The number of benzene rings is 1. The van der Waals surface area contributed by atoms with Crippen molar-refractivity contribution in [1.82, 2.24) is 14.8 Å². The van der Waals surface area contributed by atoms with E-state index in [9.17, 15) is 14.9 Å². The zero-order valence-corrected chi connectivity index (χ0v) is 10.8. The van der Waals surface area contributed by atoms with Gasteiger partial charge in [0.05, 0.1) is 0 Å². The molecule has 2 rings (SSSR count). The Bertz CT molecular complexity index is 638. The van der Waals surface area contributed by atoms with Crippen LogP contribution in [-0.4, -0.2) is 25.6 Å². The molecule has 0 saturated heterocycles. The van der Waals surface area contributed by atoms with Gasteiger partial charge in [-0.25, -0.2) is 0 Å². The number of anilines is 1. The normalized spacial score (nSPS) is 10.2. The average Bonchev–Trinajstić information content (AvgIpc) is 2.88. The number of amides is 1. The zero-order valence-electron chi connectivity index (χ0n) is 10.8. The number of aryl methyl sites for hydroxylation is 1. The van der Waals surface area contributed by atoms with Crippen LogP contribution in [0.2, 0.25) is 0 Å². The van der Waals surface area contributed by atoms with E-state index in [0.29, 0.717) is 0 Å². The van der Waals surface area contributed by atoms with E-state index in [1.54, 1.807) is 6.07 Å². The molecule has 1 amide bonds. The first-order chi connectivity index (χ1) is 9.60. The topological polar surface area (TPSA) is 103 Å². The second-order valence-electron chi connectivity index (χ2n) is 4.06. The first kappa shape index (κ1) is 13.7. The van der Waals surface area contributed by atoms with Crippen LogP contribution in [0.4, 0.5) is 11.6 Å². The monoisotopic (exact) mass is 275 g/mol. The molecule has 0 aliphatic rings. The van der Waals surface area contributed by atoms with E-state index in [1.807, 2.05) is 25.1 Å². The molecule has 0 unspecified atom stereocenters. The Morgan fingerprint density at radius 2 is 2.20 bits per heavy atom. The summed E-state index contributed by atoms with van der Waals surface area (Å²) in [4.78, 5) is 25.1. The van der Waals surface area contributed by atoms with Gasteiger partial charge in [-0.1, -0.05) is 30.1 Å². The molecule has 0 aliphatic heterocycles. The van der Waals surface area contributed by atoms with Crippen molar-refractivity contribution in [1.29, 1.82) is 0 Å². The van der Waals surface area contributed by atoms with Crippen molar-refractivity contribution in [2.24, 2.45) is 0 Å². The molecular formula is C12H13N5O3. The summed E-state index contributed by atoms with van der Waals surface area (Å²) in [6.45, 7) is 1.87. The Balaban J connectivity index is 2.03. The molecule has 0 fully saturated rings. The summed E-state index contributed by atoms with van der Waals surface area (Å²) in [5.74, 6) is -0.836. The molecule has 0 saturated carbocycles. The number of carbonyl (C=O) groups excluding carboxylic acids is 1. The quantitative estimate of drug-likeness (QED) is 0.656. The predicted octanol–water partition coefficient (Wildman–Crippen LogP) is 1.39. The summed E-state index contributed by atoms with van der Waals surface area (Å²) >= 11 is 0. The van der Waals surface area contributed by atoms with E-state index in [4.69, 9.17) is 0 Å². The number of rotatable bonds is 5. The van der Waals surface area contributed by atoms with E-state index in [0.717, 1.165) is 28.7 Å². The summed E-state index contributed by atoms with van der Waals surface area (Å²) < 4.78 is 1.13. The van der Waals surface area contributed by atoms with Gasteiger partial charge < -0.3 is 15.4 Å². The molecule has 0 spiro atoms. The second kappa shape index (κ2) is 5.91. The highest BCUT2D eigenvalue weighted by molar-refractivity contribution is 5.91. The van der Waals surface area contributed by atoms with Crippen molar-refractivity contribution in [3.05, 3.63) is 46.3 Å². The number of nitrogens with one attached hydrogen (secondary N) is 1. The molecular weight excluding hydrogens is 262 g/mol. The Morgan fingerprint density at radius 1 is 1.45 bits per heavy atom. The minimum atomic E-state index is -0.708. The predicted molar refractivity (Wildman–Crippen MR) is 71.1 cm³/mol. The van der Waals surface area contributed by atoms with Gasteiger partial charge in [-0.2, -0.15) is 4.68 Å². The van der Waals surface area contributed by atoms with Crippen LogP contribution in [0.3, 0.4) is 0 Å². The number of hydrogen-bond donors (Lipinski definition) is 1. The zero-order chi connectivity index (χ0) is 14.5. The summed E-state index contributed by atoms with van der Waals surface area (Å²) in [5, 5.41) is 16.8. The van der Waals surface area contributed by atoms with E-state index in [1.165, 1.54) is 0 Å². The molecule has 1 heterocycles. The number of hydrogen-bond acceptors (Lipinski definition) is 5. The summed E-state index contributed by atoms with van der Waals surface area (Å²) in [6, 6.07) is 7.46.